The van der Waals surface area contributed by atoms with Crippen LogP contribution in [0.5, 0.6) is 5.75 Å². The molecular weight excluding hydrogens is 604 g/mol. The fraction of sp³-hybridized carbons (Fsp3) is 0.686. The summed E-state index contributed by atoms with van der Waals surface area (Å²) in [4.78, 5) is 70.3. The minimum Gasteiger partial charge on any atom is -0.476 e. The summed E-state index contributed by atoms with van der Waals surface area (Å²) in [6.45, 7) is 13.7. The largest absolute Gasteiger partial charge is 0.476 e. The van der Waals surface area contributed by atoms with E-state index in [-0.39, 0.29) is 61.3 Å². The third kappa shape index (κ3) is 8.56. The molecule has 4 rings (SSSR count). The van der Waals surface area contributed by atoms with Crippen molar-refractivity contribution in [2.24, 2.45) is 5.92 Å². The van der Waals surface area contributed by atoms with Crippen molar-refractivity contribution >= 4 is 35.5 Å². The first kappa shape index (κ1) is 36.0. The van der Waals surface area contributed by atoms with Gasteiger partial charge in [0.05, 0.1) is 17.6 Å². The molecule has 12 heteroatoms. The number of anilines is 1. The maximum Gasteiger partial charge on any atom is 0.412 e. The number of amides is 4. The number of fused-ring (bicyclic) bond motifs is 1. The minimum atomic E-state index is -1.12. The normalized spacial score (nSPS) is 20.2. The highest BCUT2D eigenvalue weighted by molar-refractivity contribution is 6.05. The van der Waals surface area contributed by atoms with Gasteiger partial charge in [0.25, 0.3) is 11.8 Å². The SMILES string of the molecule is CCC(=O)NCCN1C(=O)C(C)(C)Oc2cc(C)c(C(=O)N(C(C)C)[C@@H]3CCCN(C(=O)OC(C)OC(=O)C4CCCCC4)C3)cc21. The molecule has 2 heterocycles. The van der Waals surface area contributed by atoms with Gasteiger partial charge in [0.2, 0.25) is 12.2 Å². The van der Waals surface area contributed by atoms with E-state index in [0.29, 0.717) is 48.4 Å². The highest BCUT2D eigenvalue weighted by Gasteiger charge is 2.42. The molecule has 1 saturated heterocycles. The van der Waals surface area contributed by atoms with Crippen molar-refractivity contribution < 1.29 is 38.2 Å². The zero-order valence-electron chi connectivity index (χ0n) is 29.1. The van der Waals surface area contributed by atoms with Gasteiger partial charge in [0.15, 0.2) is 5.60 Å². The van der Waals surface area contributed by atoms with Gasteiger partial charge in [0, 0.05) is 51.1 Å². The average molecular weight is 657 g/mol. The Balaban J connectivity index is 1.49. The van der Waals surface area contributed by atoms with Gasteiger partial charge < -0.3 is 34.2 Å². The summed E-state index contributed by atoms with van der Waals surface area (Å²) in [5.74, 6) is -0.569. The monoisotopic (exact) mass is 656 g/mol. The van der Waals surface area contributed by atoms with E-state index < -0.39 is 18.0 Å². The summed E-state index contributed by atoms with van der Waals surface area (Å²) in [6, 6.07) is 3.02. The topological polar surface area (TPSA) is 135 Å². The highest BCUT2D eigenvalue weighted by Crippen LogP contribution is 2.40. The molecule has 47 heavy (non-hydrogen) atoms. The number of esters is 1. The summed E-state index contributed by atoms with van der Waals surface area (Å²) in [5.41, 5.74) is 0.488. The lowest BCUT2D eigenvalue weighted by atomic mass is 9.89. The van der Waals surface area contributed by atoms with E-state index in [1.807, 2.05) is 20.8 Å². The number of nitrogens with zero attached hydrogens (tertiary/aromatic N) is 3. The Morgan fingerprint density at radius 3 is 2.40 bits per heavy atom. The quantitative estimate of drug-likeness (QED) is 0.276. The second-order valence-corrected chi connectivity index (χ2v) is 13.7. The number of nitrogens with one attached hydrogen (secondary N) is 1. The first-order valence-corrected chi connectivity index (χ1v) is 17.1. The molecule has 260 valence electrons. The Labute approximate surface area is 278 Å². The Morgan fingerprint density at radius 2 is 1.74 bits per heavy atom. The molecule has 1 unspecified atom stereocenters. The number of hydrogen-bond donors (Lipinski definition) is 1. The van der Waals surface area contributed by atoms with Gasteiger partial charge in [-0.1, -0.05) is 26.2 Å². The summed E-state index contributed by atoms with van der Waals surface area (Å²) >= 11 is 0. The van der Waals surface area contributed by atoms with Crippen molar-refractivity contribution in [3.63, 3.8) is 0 Å². The summed E-state index contributed by atoms with van der Waals surface area (Å²) in [7, 11) is 0. The standard InChI is InChI=1S/C35H52N4O8/c1-8-30(40)36-16-18-38-28-20-27(23(4)19-29(28)47-35(6,7)33(38)43)31(41)39(22(2)3)26-15-12-17-37(21-26)34(44)46-24(5)45-32(42)25-13-10-9-11-14-25/h19-20,22,24-26H,8-18,21H2,1-7H3,(H,36,40)/t24?,26-/m1/s1. The van der Waals surface area contributed by atoms with Crippen LogP contribution in [-0.4, -0.2) is 89.7 Å². The van der Waals surface area contributed by atoms with Crippen molar-refractivity contribution in [1.29, 1.82) is 0 Å². The van der Waals surface area contributed by atoms with Crippen LogP contribution >= 0.6 is 0 Å². The maximum absolute atomic E-state index is 14.3. The number of benzene rings is 1. The minimum absolute atomic E-state index is 0.113. The number of piperidine rings is 1. The van der Waals surface area contributed by atoms with Crippen LogP contribution in [0.4, 0.5) is 10.5 Å². The zero-order chi connectivity index (χ0) is 34.5. The van der Waals surface area contributed by atoms with Gasteiger partial charge in [-0.2, -0.15) is 0 Å². The molecule has 4 amide bonds. The first-order valence-electron chi connectivity index (χ1n) is 17.1. The molecule has 1 aromatic carbocycles. The fourth-order valence-corrected chi connectivity index (χ4v) is 6.75. The molecule has 0 bridgehead atoms. The molecule has 1 aromatic rings. The molecule has 2 atom stereocenters. The summed E-state index contributed by atoms with van der Waals surface area (Å²) in [5, 5.41) is 2.82. The van der Waals surface area contributed by atoms with Crippen molar-refractivity contribution in [1.82, 2.24) is 15.1 Å². The maximum atomic E-state index is 14.3. The molecule has 3 aliphatic rings. The van der Waals surface area contributed by atoms with Crippen LogP contribution in [0.3, 0.4) is 0 Å². The Hall–Kier alpha value is -3.83. The lowest BCUT2D eigenvalue weighted by Crippen LogP contribution is -2.55. The smallest absolute Gasteiger partial charge is 0.412 e. The second-order valence-electron chi connectivity index (χ2n) is 13.7. The van der Waals surface area contributed by atoms with Gasteiger partial charge in [-0.05, 0) is 78.0 Å². The van der Waals surface area contributed by atoms with Gasteiger partial charge in [-0.25, -0.2) is 4.79 Å². The van der Waals surface area contributed by atoms with E-state index in [4.69, 9.17) is 14.2 Å². The highest BCUT2D eigenvalue weighted by atomic mass is 16.7. The van der Waals surface area contributed by atoms with Crippen LogP contribution in [0.2, 0.25) is 0 Å². The van der Waals surface area contributed by atoms with E-state index in [0.717, 1.165) is 32.1 Å². The van der Waals surface area contributed by atoms with E-state index in [9.17, 15) is 24.0 Å². The summed E-state index contributed by atoms with van der Waals surface area (Å²) in [6.07, 6.45) is 4.84. The molecular formula is C35H52N4O8. The van der Waals surface area contributed by atoms with Gasteiger partial charge in [0.1, 0.15) is 5.75 Å². The molecule has 0 radical (unpaired) electrons. The average Bonchev–Trinajstić information content (AvgIpc) is 3.02. The predicted octanol–water partition coefficient (Wildman–Crippen LogP) is 4.95. The number of ether oxygens (including phenoxy) is 3. The van der Waals surface area contributed by atoms with Crippen LogP contribution in [0.25, 0.3) is 0 Å². The number of hydrogen-bond acceptors (Lipinski definition) is 8. The molecule has 0 aromatic heterocycles. The third-order valence-electron chi connectivity index (χ3n) is 9.26. The fourth-order valence-electron chi connectivity index (χ4n) is 6.75. The van der Waals surface area contributed by atoms with Crippen LogP contribution in [0.15, 0.2) is 12.1 Å². The van der Waals surface area contributed by atoms with Crippen molar-refractivity contribution in [3.05, 3.63) is 23.3 Å². The number of carbonyl (C=O) groups is 5. The number of aryl methyl sites for hydroxylation is 1. The van der Waals surface area contributed by atoms with Crippen molar-refractivity contribution in [2.45, 2.75) is 124 Å². The molecule has 0 spiro atoms. The summed E-state index contributed by atoms with van der Waals surface area (Å²) < 4.78 is 17.1. The van der Waals surface area contributed by atoms with E-state index in [2.05, 4.69) is 5.32 Å². The Bertz CT molecular complexity index is 1340. The lowest BCUT2D eigenvalue weighted by molar-refractivity contribution is -0.172. The van der Waals surface area contributed by atoms with Crippen molar-refractivity contribution in [2.75, 3.05) is 31.1 Å². The Kier molecular flexibility index (Phi) is 11.8. The second kappa shape index (κ2) is 15.4. The van der Waals surface area contributed by atoms with Gasteiger partial charge >= 0.3 is 12.1 Å². The van der Waals surface area contributed by atoms with Crippen LogP contribution in [0, 0.1) is 12.8 Å². The Morgan fingerprint density at radius 1 is 1.04 bits per heavy atom. The predicted molar refractivity (Wildman–Crippen MR) is 176 cm³/mol. The molecule has 12 nitrogen and oxygen atoms in total. The van der Waals surface area contributed by atoms with Gasteiger partial charge in [-0.15, -0.1) is 0 Å². The van der Waals surface area contributed by atoms with Crippen LogP contribution in [0.1, 0.15) is 109 Å². The van der Waals surface area contributed by atoms with E-state index in [1.54, 1.807) is 54.5 Å². The molecule has 1 aliphatic carbocycles. The van der Waals surface area contributed by atoms with Crippen molar-refractivity contribution in [3.8, 4) is 5.75 Å². The van der Waals surface area contributed by atoms with E-state index >= 15 is 0 Å². The molecule has 2 aliphatic heterocycles. The van der Waals surface area contributed by atoms with Gasteiger partial charge in [-0.3, -0.25) is 19.2 Å². The van der Waals surface area contributed by atoms with Crippen LogP contribution < -0.4 is 15.0 Å². The number of carbonyl (C=O) groups excluding carboxylic acids is 5. The lowest BCUT2D eigenvalue weighted by Gasteiger charge is -2.42. The number of likely N-dealkylation sites (tertiary alicyclic amines) is 1. The van der Waals surface area contributed by atoms with E-state index in [1.165, 1.54) is 0 Å². The molecule has 2 fully saturated rings. The molecule has 1 saturated carbocycles. The first-order chi connectivity index (χ1) is 22.2. The number of rotatable bonds is 10. The molecule has 1 N–H and O–H groups in total. The third-order valence-corrected chi connectivity index (χ3v) is 9.26. The zero-order valence-corrected chi connectivity index (χ0v) is 29.1. The van der Waals surface area contributed by atoms with Crippen LogP contribution in [-0.2, 0) is 23.9 Å².